The van der Waals surface area contributed by atoms with Gasteiger partial charge in [-0.3, -0.25) is 0 Å². The van der Waals surface area contributed by atoms with Crippen LogP contribution in [0.5, 0.6) is 0 Å². The fourth-order valence-corrected chi connectivity index (χ4v) is 1.42. The molecule has 0 aromatic carbocycles. The van der Waals surface area contributed by atoms with Gasteiger partial charge >= 0.3 is 0 Å². The molecule has 0 saturated carbocycles. The first-order chi connectivity index (χ1) is 2.41. The average Bonchev–Trinajstić information content (AvgIpc) is 1.41. The van der Waals surface area contributed by atoms with E-state index in [2.05, 4.69) is 19.0 Å². The van der Waals surface area contributed by atoms with E-state index in [0.29, 0.717) is 0 Å². The van der Waals surface area contributed by atoms with E-state index in [1.165, 1.54) is 12.5 Å². The van der Waals surface area contributed by atoms with Crippen LogP contribution in [0.15, 0.2) is 0 Å². The standard InChI is InChI=1S/C3H10SSi/c1-2-3-5-4/h4H,2-3,5H2,1H3. The quantitative estimate of drug-likeness (QED) is 0.391. The highest BCUT2D eigenvalue weighted by atomic mass is 32.3. The van der Waals surface area contributed by atoms with Crippen molar-refractivity contribution in [2.24, 2.45) is 0 Å². The van der Waals surface area contributed by atoms with E-state index in [-0.39, 0.29) is 8.67 Å². The van der Waals surface area contributed by atoms with Crippen molar-refractivity contribution >= 4 is 20.7 Å². The van der Waals surface area contributed by atoms with Crippen LogP contribution in [-0.4, -0.2) is 8.67 Å². The van der Waals surface area contributed by atoms with Crippen LogP contribution in [0.2, 0.25) is 6.04 Å². The summed E-state index contributed by atoms with van der Waals surface area (Å²) in [6, 6.07) is 1.39. The molecule has 0 aliphatic carbocycles. The summed E-state index contributed by atoms with van der Waals surface area (Å²) < 4.78 is 0. The topological polar surface area (TPSA) is 0 Å². The maximum absolute atomic E-state index is 4.14. The monoisotopic (exact) mass is 106 g/mol. The van der Waals surface area contributed by atoms with Gasteiger partial charge in [-0.25, -0.2) is 12.1 Å². The zero-order valence-electron chi connectivity index (χ0n) is 3.57. The first-order valence-electron chi connectivity index (χ1n) is 2.02. The second-order valence-electron chi connectivity index (χ2n) is 1.08. The predicted molar refractivity (Wildman–Crippen MR) is 32.6 cm³/mol. The van der Waals surface area contributed by atoms with Crippen LogP contribution < -0.4 is 0 Å². The van der Waals surface area contributed by atoms with Crippen molar-refractivity contribution in [1.82, 2.24) is 0 Å². The van der Waals surface area contributed by atoms with E-state index >= 15 is 0 Å². The maximum Gasteiger partial charge on any atom is 0.0813 e. The van der Waals surface area contributed by atoms with Gasteiger partial charge in [-0.1, -0.05) is 19.4 Å². The lowest BCUT2D eigenvalue weighted by atomic mass is 10.6. The van der Waals surface area contributed by atoms with E-state index in [9.17, 15) is 0 Å². The molecule has 0 rings (SSSR count). The molecule has 0 nitrogen and oxygen atoms in total. The Labute approximate surface area is 40.8 Å². The molecule has 0 bridgehead atoms. The molecule has 0 heterocycles. The van der Waals surface area contributed by atoms with Gasteiger partial charge in [0.2, 0.25) is 0 Å². The Morgan fingerprint density at radius 2 is 2.40 bits per heavy atom. The van der Waals surface area contributed by atoms with E-state index in [4.69, 9.17) is 0 Å². The molecule has 0 aromatic heterocycles. The molecule has 0 radical (unpaired) electrons. The molecule has 0 atom stereocenters. The van der Waals surface area contributed by atoms with Crippen LogP contribution in [0.3, 0.4) is 0 Å². The predicted octanol–water partition coefficient (Wildman–Crippen LogP) is 0.828. The first kappa shape index (κ1) is 5.57. The molecule has 32 valence electrons. The largest absolute Gasteiger partial charge is 0.210 e. The SMILES string of the molecule is CCC[SiH2]S. The summed E-state index contributed by atoms with van der Waals surface area (Å²) >= 11 is 4.14. The molecule has 0 saturated heterocycles. The molecule has 0 aromatic rings. The molecular formula is C3H10SSi. The van der Waals surface area contributed by atoms with Crippen LogP contribution in [0, 0.1) is 0 Å². The van der Waals surface area contributed by atoms with Gasteiger partial charge in [0.1, 0.15) is 0 Å². The van der Waals surface area contributed by atoms with Crippen molar-refractivity contribution < 1.29 is 0 Å². The van der Waals surface area contributed by atoms with Gasteiger partial charge in [0, 0.05) is 0 Å². The summed E-state index contributed by atoms with van der Waals surface area (Å²) in [5.74, 6) is 0. The third-order valence-corrected chi connectivity index (χ3v) is 2.48. The van der Waals surface area contributed by atoms with Crippen molar-refractivity contribution in [2.45, 2.75) is 19.4 Å². The van der Waals surface area contributed by atoms with Crippen LogP contribution >= 0.6 is 12.1 Å². The summed E-state index contributed by atoms with van der Waals surface area (Å²) in [5, 5.41) is 0. The van der Waals surface area contributed by atoms with E-state index in [1.54, 1.807) is 0 Å². The Morgan fingerprint density at radius 3 is 2.40 bits per heavy atom. The van der Waals surface area contributed by atoms with Gasteiger partial charge in [-0.15, -0.1) is 0 Å². The Bertz CT molecular complexity index is 14.4. The van der Waals surface area contributed by atoms with Crippen LogP contribution in [0.1, 0.15) is 13.3 Å². The zero-order chi connectivity index (χ0) is 4.12. The Hall–Kier alpha value is 0.567. The Kier molecular flexibility index (Phi) is 5.08. The van der Waals surface area contributed by atoms with Crippen molar-refractivity contribution in [2.75, 3.05) is 0 Å². The maximum atomic E-state index is 4.14. The van der Waals surface area contributed by atoms with Crippen LogP contribution in [0.4, 0.5) is 0 Å². The molecule has 2 heteroatoms. The highest BCUT2D eigenvalue weighted by molar-refractivity contribution is 8.06. The van der Waals surface area contributed by atoms with Gasteiger partial charge < -0.3 is 0 Å². The van der Waals surface area contributed by atoms with Gasteiger partial charge in [0.05, 0.1) is 8.67 Å². The van der Waals surface area contributed by atoms with Gasteiger partial charge in [0.15, 0.2) is 0 Å². The summed E-state index contributed by atoms with van der Waals surface area (Å²) in [6.07, 6.45) is 1.33. The molecule has 0 aliphatic rings. The highest BCUT2D eigenvalue weighted by Gasteiger charge is 1.70. The second-order valence-corrected chi connectivity index (χ2v) is 3.57. The molecule has 0 aliphatic heterocycles. The first-order valence-corrected chi connectivity index (χ1v) is 5.55. The van der Waals surface area contributed by atoms with Gasteiger partial charge in [-0.05, 0) is 0 Å². The van der Waals surface area contributed by atoms with Gasteiger partial charge in [0.25, 0.3) is 0 Å². The Balaban J connectivity index is 2.19. The molecule has 0 N–H and O–H groups in total. The van der Waals surface area contributed by atoms with E-state index < -0.39 is 0 Å². The number of hydrogen-bond donors (Lipinski definition) is 1. The third kappa shape index (κ3) is 4.57. The summed E-state index contributed by atoms with van der Waals surface area (Å²) in [7, 11) is 0.108. The summed E-state index contributed by atoms with van der Waals surface area (Å²) in [5.41, 5.74) is 0. The molecule has 0 unspecified atom stereocenters. The van der Waals surface area contributed by atoms with E-state index in [1.807, 2.05) is 0 Å². The second kappa shape index (κ2) is 4.57. The lowest BCUT2D eigenvalue weighted by Crippen LogP contribution is -1.69. The molecular weight excluding hydrogens is 96.2 g/mol. The van der Waals surface area contributed by atoms with Crippen molar-refractivity contribution in [3.8, 4) is 0 Å². The smallest absolute Gasteiger partial charge is 0.0813 e. The Morgan fingerprint density at radius 1 is 1.80 bits per heavy atom. The van der Waals surface area contributed by atoms with Gasteiger partial charge in [-0.2, -0.15) is 0 Å². The third-order valence-electron chi connectivity index (χ3n) is 0.512. The lowest BCUT2D eigenvalue weighted by Gasteiger charge is -1.77. The van der Waals surface area contributed by atoms with Crippen LogP contribution in [0.25, 0.3) is 0 Å². The summed E-state index contributed by atoms with van der Waals surface area (Å²) in [6.45, 7) is 2.20. The zero-order valence-corrected chi connectivity index (χ0v) is 5.88. The molecule has 0 amide bonds. The number of rotatable bonds is 2. The van der Waals surface area contributed by atoms with Crippen molar-refractivity contribution in [3.63, 3.8) is 0 Å². The lowest BCUT2D eigenvalue weighted by molar-refractivity contribution is 1.08. The minimum Gasteiger partial charge on any atom is -0.210 e. The van der Waals surface area contributed by atoms with Crippen molar-refractivity contribution in [1.29, 1.82) is 0 Å². The minimum absolute atomic E-state index is 0.108. The molecule has 5 heavy (non-hydrogen) atoms. The minimum atomic E-state index is 0.108. The van der Waals surface area contributed by atoms with E-state index in [0.717, 1.165) is 0 Å². The highest BCUT2D eigenvalue weighted by Crippen LogP contribution is 1.84. The van der Waals surface area contributed by atoms with Crippen molar-refractivity contribution in [3.05, 3.63) is 0 Å². The fourth-order valence-electron chi connectivity index (χ4n) is 0.158. The summed E-state index contributed by atoms with van der Waals surface area (Å²) in [4.78, 5) is 0. The normalized spacial score (nSPS) is 10.8. The van der Waals surface area contributed by atoms with Crippen LogP contribution in [-0.2, 0) is 0 Å². The molecule has 0 fully saturated rings. The number of hydrogen-bond acceptors (Lipinski definition) is 1. The fraction of sp³-hybridized carbons (Fsp3) is 1.00. The molecule has 0 spiro atoms. The number of thiol groups is 1. The average molecular weight is 106 g/mol.